The lowest BCUT2D eigenvalue weighted by molar-refractivity contribution is 0.0609. The summed E-state index contributed by atoms with van der Waals surface area (Å²) < 4.78 is 0. The topological polar surface area (TPSA) is 15.3 Å². The molecule has 2 nitrogen and oxygen atoms in total. The van der Waals surface area contributed by atoms with E-state index < -0.39 is 0 Å². The summed E-state index contributed by atoms with van der Waals surface area (Å²) in [6.07, 6.45) is 9.16. The molecule has 3 atom stereocenters. The Morgan fingerprint density at radius 3 is 2.67 bits per heavy atom. The zero-order valence-corrected chi connectivity index (χ0v) is 13.6. The molecule has 2 rings (SSSR count). The molecule has 1 saturated heterocycles. The standard InChI is InChI=1S/C19H28N2/c1-5-11-17(6-2)21-15-19(4,7-3)20-14-18(21)16-12-9-8-10-13-16/h2,8-10,12-13,17-18,20H,5,7,11,14-15H2,1,3-4H3. The fraction of sp³-hybridized carbons (Fsp3) is 0.579. The van der Waals surface area contributed by atoms with Gasteiger partial charge in [-0.1, -0.05) is 56.5 Å². The van der Waals surface area contributed by atoms with Crippen LogP contribution < -0.4 is 5.32 Å². The molecule has 1 aromatic carbocycles. The maximum atomic E-state index is 5.85. The molecule has 2 heteroatoms. The van der Waals surface area contributed by atoms with Gasteiger partial charge in [0.05, 0.1) is 6.04 Å². The van der Waals surface area contributed by atoms with Crippen molar-refractivity contribution >= 4 is 0 Å². The van der Waals surface area contributed by atoms with Crippen LogP contribution in [0.1, 0.15) is 51.6 Å². The van der Waals surface area contributed by atoms with Crippen LogP contribution in [0.2, 0.25) is 0 Å². The Labute approximate surface area is 129 Å². The summed E-state index contributed by atoms with van der Waals surface area (Å²) in [6.45, 7) is 8.75. The van der Waals surface area contributed by atoms with Crippen molar-refractivity contribution in [1.82, 2.24) is 10.2 Å². The van der Waals surface area contributed by atoms with Crippen molar-refractivity contribution < 1.29 is 0 Å². The van der Waals surface area contributed by atoms with Crippen LogP contribution in [0.3, 0.4) is 0 Å². The normalized spacial score (nSPS) is 28.0. The van der Waals surface area contributed by atoms with E-state index in [0.29, 0.717) is 6.04 Å². The molecule has 21 heavy (non-hydrogen) atoms. The zero-order chi connectivity index (χ0) is 15.3. The molecule has 0 radical (unpaired) electrons. The molecule has 1 aliphatic heterocycles. The fourth-order valence-electron chi connectivity index (χ4n) is 3.20. The van der Waals surface area contributed by atoms with Crippen LogP contribution in [0.15, 0.2) is 30.3 Å². The molecule has 0 aromatic heterocycles. The van der Waals surface area contributed by atoms with Crippen molar-refractivity contribution in [2.24, 2.45) is 0 Å². The molecule has 1 aromatic rings. The van der Waals surface area contributed by atoms with Crippen molar-refractivity contribution in [3.63, 3.8) is 0 Å². The second-order valence-electron chi connectivity index (χ2n) is 6.37. The number of piperazine rings is 1. The van der Waals surface area contributed by atoms with E-state index in [0.717, 1.165) is 32.4 Å². The Bertz CT molecular complexity index is 476. The van der Waals surface area contributed by atoms with Gasteiger partial charge in [0.25, 0.3) is 0 Å². The first-order chi connectivity index (χ1) is 10.1. The Kier molecular flexibility index (Phi) is 5.45. The molecule has 1 N–H and O–H groups in total. The largest absolute Gasteiger partial charge is 0.308 e. The highest BCUT2D eigenvalue weighted by Gasteiger charge is 2.37. The maximum absolute atomic E-state index is 5.85. The van der Waals surface area contributed by atoms with E-state index in [9.17, 15) is 0 Å². The molecule has 0 amide bonds. The van der Waals surface area contributed by atoms with Gasteiger partial charge in [-0.25, -0.2) is 0 Å². The highest BCUT2D eigenvalue weighted by atomic mass is 15.3. The van der Waals surface area contributed by atoms with Crippen LogP contribution >= 0.6 is 0 Å². The quantitative estimate of drug-likeness (QED) is 0.831. The highest BCUT2D eigenvalue weighted by Crippen LogP contribution is 2.31. The smallest absolute Gasteiger partial charge is 0.0717 e. The SMILES string of the molecule is C#CC(CCC)N1CC(C)(CC)NCC1c1ccccc1. The zero-order valence-electron chi connectivity index (χ0n) is 13.6. The summed E-state index contributed by atoms with van der Waals surface area (Å²) in [4.78, 5) is 2.54. The van der Waals surface area contributed by atoms with E-state index >= 15 is 0 Å². The monoisotopic (exact) mass is 284 g/mol. The Hall–Kier alpha value is -1.30. The van der Waals surface area contributed by atoms with Gasteiger partial charge in [0.2, 0.25) is 0 Å². The van der Waals surface area contributed by atoms with Crippen LogP contribution in [0.5, 0.6) is 0 Å². The number of hydrogen-bond acceptors (Lipinski definition) is 2. The minimum atomic E-state index is 0.161. The lowest BCUT2D eigenvalue weighted by atomic mass is 9.89. The highest BCUT2D eigenvalue weighted by molar-refractivity contribution is 5.22. The first kappa shape index (κ1) is 16.1. The van der Waals surface area contributed by atoms with E-state index in [1.807, 2.05) is 0 Å². The Morgan fingerprint density at radius 1 is 1.38 bits per heavy atom. The van der Waals surface area contributed by atoms with Gasteiger partial charge < -0.3 is 5.32 Å². The van der Waals surface area contributed by atoms with Gasteiger partial charge >= 0.3 is 0 Å². The molecule has 0 saturated carbocycles. The lowest BCUT2D eigenvalue weighted by Crippen LogP contribution is -2.61. The van der Waals surface area contributed by atoms with Gasteiger partial charge in [-0.05, 0) is 25.3 Å². The second kappa shape index (κ2) is 7.11. The van der Waals surface area contributed by atoms with Gasteiger partial charge in [-0.15, -0.1) is 6.42 Å². The molecule has 0 bridgehead atoms. The van der Waals surface area contributed by atoms with Gasteiger partial charge in [0.1, 0.15) is 0 Å². The lowest BCUT2D eigenvalue weighted by Gasteiger charge is -2.48. The third kappa shape index (κ3) is 3.67. The summed E-state index contributed by atoms with van der Waals surface area (Å²) in [7, 11) is 0. The number of nitrogens with zero attached hydrogens (tertiary/aromatic N) is 1. The van der Waals surface area contributed by atoms with Crippen LogP contribution in [0.25, 0.3) is 0 Å². The van der Waals surface area contributed by atoms with Gasteiger partial charge in [0.15, 0.2) is 0 Å². The molecule has 114 valence electrons. The van der Waals surface area contributed by atoms with Crippen molar-refractivity contribution in [1.29, 1.82) is 0 Å². The summed E-state index contributed by atoms with van der Waals surface area (Å²) in [6, 6.07) is 11.3. The Balaban J connectivity index is 2.28. The molecule has 0 aliphatic carbocycles. The van der Waals surface area contributed by atoms with Gasteiger partial charge in [-0.3, -0.25) is 4.90 Å². The average Bonchev–Trinajstić information content (AvgIpc) is 2.53. The summed E-state index contributed by atoms with van der Waals surface area (Å²) in [5.74, 6) is 3.03. The first-order valence-corrected chi connectivity index (χ1v) is 8.15. The minimum Gasteiger partial charge on any atom is -0.308 e. The average molecular weight is 284 g/mol. The molecular weight excluding hydrogens is 256 g/mol. The maximum Gasteiger partial charge on any atom is 0.0717 e. The summed E-state index contributed by atoms with van der Waals surface area (Å²) in [5.41, 5.74) is 1.52. The van der Waals surface area contributed by atoms with Crippen LogP contribution in [-0.2, 0) is 0 Å². The fourth-order valence-corrected chi connectivity index (χ4v) is 3.20. The van der Waals surface area contributed by atoms with E-state index in [1.165, 1.54) is 5.56 Å². The van der Waals surface area contributed by atoms with Crippen LogP contribution in [0.4, 0.5) is 0 Å². The summed E-state index contributed by atoms with van der Waals surface area (Å²) in [5, 5.41) is 3.73. The van der Waals surface area contributed by atoms with E-state index in [2.05, 4.69) is 67.2 Å². The molecule has 3 unspecified atom stereocenters. The number of rotatable bonds is 5. The van der Waals surface area contributed by atoms with Crippen molar-refractivity contribution in [3.8, 4) is 12.3 Å². The number of nitrogens with one attached hydrogen (secondary N) is 1. The number of benzene rings is 1. The third-order valence-electron chi connectivity index (χ3n) is 4.77. The van der Waals surface area contributed by atoms with Crippen LogP contribution in [0, 0.1) is 12.3 Å². The van der Waals surface area contributed by atoms with Crippen molar-refractivity contribution in [2.75, 3.05) is 13.1 Å². The second-order valence-corrected chi connectivity index (χ2v) is 6.37. The molecule has 1 heterocycles. The minimum absolute atomic E-state index is 0.161. The predicted octanol–water partition coefficient (Wildman–Crippen LogP) is 3.60. The molecule has 1 aliphatic rings. The molecule has 1 fully saturated rings. The Morgan fingerprint density at radius 2 is 2.10 bits per heavy atom. The van der Waals surface area contributed by atoms with Gasteiger partial charge in [0, 0.05) is 24.7 Å². The number of terminal acetylenes is 1. The molecular formula is C19H28N2. The molecule has 0 spiro atoms. The van der Waals surface area contributed by atoms with E-state index in [-0.39, 0.29) is 11.6 Å². The van der Waals surface area contributed by atoms with Gasteiger partial charge in [-0.2, -0.15) is 0 Å². The summed E-state index contributed by atoms with van der Waals surface area (Å²) >= 11 is 0. The van der Waals surface area contributed by atoms with E-state index in [1.54, 1.807) is 0 Å². The van der Waals surface area contributed by atoms with Crippen LogP contribution in [-0.4, -0.2) is 29.6 Å². The van der Waals surface area contributed by atoms with Crippen molar-refractivity contribution in [3.05, 3.63) is 35.9 Å². The first-order valence-electron chi connectivity index (χ1n) is 8.15. The van der Waals surface area contributed by atoms with E-state index in [4.69, 9.17) is 6.42 Å². The predicted molar refractivity (Wildman–Crippen MR) is 90.1 cm³/mol. The number of hydrogen-bond donors (Lipinski definition) is 1. The van der Waals surface area contributed by atoms with Crippen molar-refractivity contribution in [2.45, 2.75) is 57.7 Å². The third-order valence-corrected chi connectivity index (χ3v) is 4.77.